The monoisotopic (exact) mass is 470 g/mol. The molecule has 0 radical (unpaired) electrons. The molecule has 11 heteroatoms. The highest BCUT2D eigenvalue weighted by molar-refractivity contribution is 5.92. The second kappa shape index (κ2) is 16.9. The van der Waals surface area contributed by atoms with Crippen LogP contribution in [0.15, 0.2) is 0 Å². The third-order valence-electron chi connectivity index (χ3n) is 5.43. The molecule has 0 rings (SSSR count). The lowest BCUT2D eigenvalue weighted by Gasteiger charge is -2.23. The van der Waals surface area contributed by atoms with Crippen LogP contribution >= 0.6 is 0 Å². The fourth-order valence-electron chi connectivity index (χ4n) is 2.90. The molecular formula is C22H42N6O5. The van der Waals surface area contributed by atoms with Crippen LogP contribution in [-0.2, 0) is 24.0 Å². The fraction of sp³-hybridized carbons (Fsp3) is 0.773. The van der Waals surface area contributed by atoms with Crippen LogP contribution in [0.2, 0.25) is 0 Å². The largest absolute Gasteiger partial charge is 0.368 e. The highest BCUT2D eigenvalue weighted by Crippen LogP contribution is 2.09. The summed E-state index contributed by atoms with van der Waals surface area (Å²) in [6.45, 7) is 7.51. The summed E-state index contributed by atoms with van der Waals surface area (Å²) in [5.74, 6) is -2.51. The molecule has 0 fully saturated rings. The van der Waals surface area contributed by atoms with E-state index in [1.165, 1.54) is 6.92 Å². The van der Waals surface area contributed by atoms with Crippen molar-refractivity contribution in [3.63, 3.8) is 0 Å². The highest BCUT2D eigenvalue weighted by Gasteiger charge is 2.26. The standard InChI is InChI=1S/C22H42N6O5/c1-5-14(3)11-18(29)26-13-19(30)25-12-16(9-7-8-10-23)21(32)28-17(6-2)22(33)27-15(4)20(24)31/h14-17H,5-13,23H2,1-4H3,(H2,24,31)(H,25,30)(H,26,29)(H,27,33)(H,28,32)/t14?,15?,16?,17-/m0/s1. The summed E-state index contributed by atoms with van der Waals surface area (Å²) in [5, 5.41) is 10.4. The van der Waals surface area contributed by atoms with E-state index in [2.05, 4.69) is 21.3 Å². The van der Waals surface area contributed by atoms with Crippen LogP contribution in [0.1, 0.15) is 66.2 Å². The smallest absolute Gasteiger partial charge is 0.243 e. The molecule has 0 heterocycles. The zero-order valence-corrected chi connectivity index (χ0v) is 20.4. The van der Waals surface area contributed by atoms with Gasteiger partial charge >= 0.3 is 0 Å². The van der Waals surface area contributed by atoms with Gasteiger partial charge in [-0.15, -0.1) is 0 Å². The Morgan fingerprint density at radius 3 is 2.06 bits per heavy atom. The second-order valence-corrected chi connectivity index (χ2v) is 8.38. The minimum absolute atomic E-state index is 0.0617. The number of nitrogens with one attached hydrogen (secondary N) is 4. The molecular weight excluding hydrogens is 428 g/mol. The molecule has 0 saturated carbocycles. The molecule has 8 N–H and O–H groups in total. The van der Waals surface area contributed by atoms with Gasteiger partial charge in [-0.2, -0.15) is 0 Å². The van der Waals surface area contributed by atoms with Crippen LogP contribution < -0.4 is 32.7 Å². The van der Waals surface area contributed by atoms with Gasteiger partial charge in [0.2, 0.25) is 29.5 Å². The van der Waals surface area contributed by atoms with Gasteiger partial charge in [0, 0.05) is 13.0 Å². The van der Waals surface area contributed by atoms with Crippen molar-refractivity contribution in [3.05, 3.63) is 0 Å². The Morgan fingerprint density at radius 1 is 0.848 bits per heavy atom. The van der Waals surface area contributed by atoms with Gasteiger partial charge in [0.25, 0.3) is 0 Å². The molecule has 0 saturated heterocycles. The van der Waals surface area contributed by atoms with Gasteiger partial charge in [0.05, 0.1) is 12.5 Å². The first-order valence-corrected chi connectivity index (χ1v) is 11.7. The molecule has 0 aliphatic rings. The molecule has 0 aromatic carbocycles. The van der Waals surface area contributed by atoms with E-state index in [-0.39, 0.29) is 30.8 Å². The molecule has 33 heavy (non-hydrogen) atoms. The molecule has 0 aromatic rings. The maximum Gasteiger partial charge on any atom is 0.243 e. The van der Waals surface area contributed by atoms with Crippen molar-refractivity contribution in [1.82, 2.24) is 21.3 Å². The average Bonchev–Trinajstić information content (AvgIpc) is 2.77. The Kier molecular flexibility index (Phi) is 15.5. The number of primary amides is 1. The van der Waals surface area contributed by atoms with Crippen molar-refractivity contribution in [1.29, 1.82) is 0 Å². The average molecular weight is 471 g/mol. The van der Waals surface area contributed by atoms with Crippen molar-refractivity contribution in [2.45, 2.75) is 78.3 Å². The van der Waals surface area contributed by atoms with Gasteiger partial charge < -0.3 is 32.7 Å². The first-order valence-electron chi connectivity index (χ1n) is 11.7. The maximum absolute atomic E-state index is 12.8. The van der Waals surface area contributed by atoms with E-state index in [9.17, 15) is 24.0 Å². The normalized spacial score (nSPS) is 14.3. The number of amides is 5. The lowest BCUT2D eigenvalue weighted by molar-refractivity contribution is -0.133. The van der Waals surface area contributed by atoms with Crippen LogP contribution in [0.25, 0.3) is 0 Å². The Labute approximate surface area is 196 Å². The first kappa shape index (κ1) is 30.3. The second-order valence-electron chi connectivity index (χ2n) is 8.38. The fourth-order valence-corrected chi connectivity index (χ4v) is 2.90. The summed E-state index contributed by atoms with van der Waals surface area (Å²) in [5.41, 5.74) is 10.7. The van der Waals surface area contributed by atoms with Gasteiger partial charge in [-0.3, -0.25) is 24.0 Å². The van der Waals surface area contributed by atoms with E-state index in [0.717, 1.165) is 12.8 Å². The molecule has 0 aliphatic carbocycles. The number of rotatable bonds is 17. The molecule has 5 amide bonds. The Bertz CT molecular complexity index is 657. The predicted molar refractivity (Wildman–Crippen MR) is 126 cm³/mol. The summed E-state index contributed by atoms with van der Waals surface area (Å²) in [6.07, 6.45) is 3.40. The number of carbonyl (C=O) groups is 5. The van der Waals surface area contributed by atoms with Crippen molar-refractivity contribution < 1.29 is 24.0 Å². The Morgan fingerprint density at radius 2 is 1.52 bits per heavy atom. The minimum atomic E-state index is -0.862. The zero-order chi connectivity index (χ0) is 25.4. The summed E-state index contributed by atoms with van der Waals surface area (Å²) in [4.78, 5) is 60.4. The Hall–Kier alpha value is -2.69. The minimum Gasteiger partial charge on any atom is -0.368 e. The van der Waals surface area contributed by atoms with E-state index in [0.29, 0.717) is 32.2 Å². The van der Waals surface area contributed by atoms with Crippen molar-refractivity contribution in [2.24, 2.45) is 23.3 Å². The van der Waals surface area contributed by atoms with Gasteiger partial charge in [0.1, 0.15) is 12.1 Å². The van der Waals surface area contributed by atoms with Gasteiger partial charge in [0.15, 0.2) is 0 Å². The van der Waals surface area contributed by atoms with E-state index in [1.54, 1.807) is 6.92 Å². The van der Waals surface area contributed by atoms with Gasteiger partial charge in [-0.25, -0.2) is 0 Å². The SMILES string of the molecule is CCC(C)CC(=O)NCC(=O)NCC(CCCCN)C(=O)N[C@@H](CC)C(=O)NC(C)C(N)=O. The lowest BCUT2D eigenvalue weighted by Crippen LogP contribution is -2.53. The number of carbonyl (C=O) groups excluding carboxylic acids is 5. The molecule has 3 unspecified atom stereocenters. The van der Waals surface area contributed by atoms with E-state index < -0.39 is 35.7 Å². The van der Waals surface area contributed by atoms with E-state index in [4.69, 9.17) is 11.5 Å². The van der Waals surface area contributed by atoms with Gasteiger partial charge in [-0.1, -0.05) is 33.6 Å². The molecule has 0 aromatic heterocycles. The van der Waals surface area contributed by atoms with Crippen LogP contribution in [0.5, 0.6) is 0 Å². The van der Waals surface area contributed by atoms with E-state index in [1.807, 2.05) is 13.8 Å². The third kappa shape index (κ3) is 13.5. The van der Waals surface area contributed by atoms with Crippen LogP contribution in [0, 0.1) is 11.8 Å². The van der Waals surface area contributed by atoms with Crippen molar-refractivity contribution >= 4 is 29.5 Å². The van der Waals surface area contributed by atoms with Crippen LogP contribution in [-0.4, -0.2) is 61.3 Å². The van der Waals surface area contributed by atoms with E-state index >= 15 is 0 Å². The van der Waals surface area contributed by atoms with Crippen LogP contribution in [0.3, 0.4) is 0 Å². The third-order valence-corrected chi connectivity index (χ3v) is 5.43. The summed E-state index contributed by atoms with van der Waals surface area (Å²) in [6, 6.07) is -1.70. The molecule has 4 atom stereocenters. The molecule has 0 bridgehead atoms. The molecule has 0 spiro atoms. The van der Waals surface area contributed by atoms with Crippen LogP contribution in [0.4, 0.5) is 0 Å². The Balaban J connectivity index is 4.86. The number of hydrogen-bond acceptors (Lipinski definition) is 6. The lowest BCUT2D eigenvalue weighted by atomic mass is 9.99. The quantitative estimate of drug-likeness (QED) is 0.152. The first-order chi connectivity index (χ1) is 15.5. The number of unbranched alkanes of at least 4 members (excludes halogenated alkanes) is 1. The topological polar surface area (TPSA) is 186 Å². The number of nitrogens with two attached hydrogens (primary N) is 2. The zero-order valence-electron chi connectivity index (χ0n) is 20.4. The van der Waals surface area contributed by atoms with Gasteiger partial charge in [-0.05, 0) is 38.6 Å². The summed E-state index contributed by atoms with van der Waals surface area (Å²) < 4.78 is 0. The number of hydrogen-bond donors (Lipinski definition) is 6. The maximum atomic E-state index is 12.8. The molecule has 11 nitrogen and oxygen atoms in total. The molecule has 190 valence electrons. The summed E-state index contributed by atoms with van der Waals surface area (Å²) in [7, 11) is 0. The summed E-state index contributed by atoms with van der Waals surface area (Å²) >= 11 is 0. The van der Waals surface area contributed by atoms with Crippen molar-refractivity contribution in [3.8, 4) is 0 Å². The highest BCUT2D eigenvalue weighted by atomic mass is 16.2. The predicted octanol–water partition coefficient (Wildman–Crippen LogP) is -0.715. The van der Waals surface area contributed by atoms with Crippen molar-refractivity contribution in [2.75, 3.05) is 19.6 Å². The molecule has 0 aliphatic heterocycles.